The van der Waals surface area contributed by atoms with Gasteiger partial charge in [-0.1, -0.05) is 41.5 Å². The number of esters is 2. The van der Waals surface area contributed by atoms with Crippen LogP contribution in [0.1, 0.15) is 69.2 Å². The number of carbonyl (C=O) groups excluding carboxylic acids is 3. The molecule has 0 rings (SSSR count). The minimum Gasteiger partial charge on any atom is -0.417 e. The summed E-state index contributed by atoms with van der Waals surface area (Å²) < 4.78 is 20.0. The summed E-state index contributed by atoms with van der Waals surface area (Å²) >= 11 is 0. The summed E-state index contributed by atoms with van der Waals surface area (Å²) in [5, 5.41) is 0. The van der Waals surface area contributed by atoms with Gasteiger partial charge in [-0.15, -0.1) is 0 Å². The van der Waals surface area contributed by atoms with Crippen LogP contribution in [0.4, 0.5) is 4.79 Å². The first kappa shape index (κ1) is 31.2. The van der Waals surface area contributed by atoms with E-state index >= 15 is 0 Å². The molecule has 34 heavy (non-hydrogen) atoms. The lowest BCUT2D eigenvalue weighted by atomic mass is 9.99. The van der Waals surface area contributed by atoms with Gasteiger partial charge < -0.3 is 28.7 Å². The summed E-state index contributed by atoms with van der Waals surface area (Å²) in [6, 6.07) is 0. The van der Waals surface area contributed by atoms with Gasteiger partial charge >= 0.3 is 18.1 Å². The summed E-state index contributed by atoms with van der Waals surface area (Å²) in [6.45, 7) is 23.7. The first-order valence-corrected chi connectivity index (χ1v) is 10.5. The molecule has 0 saturated heterocycles. The molecule has 0 aromatic heterocycles. The Hall–Kier alpha value is -2.79. The van der Waals surface area contributed by atoms with Crippen LogP contribution in [0.5, 0.6) is 0 Å². The zero-order valence-electron chi connectivity index (χ0n) is 21.8. The van der Waals surface area contributed by atoms with Crippen molar-refractivity contribution < 1.29 is 52.9 Å². The molecule has 0 aliphatic rings. The highest BCUT2D eigenvalue weighted by Gasteiger charge is 2.35. The highest BCUT2D eigenvalue weighted by molar-refractivity contribution is 5.86. The molecule has 0 bridgehead atoms. The molecule has 0 aromatic rings. The number of hydrogen-bond acceptors (Lipinski definition) is 11. The van der Waals surface area contributed by atoms with Crippen molar-refractivity contribution in [1.29, 1.82) is 0 Å². The van der Waals surface area contributed by atoms with Crippen molar-refractivity contribution in [3.8, 4) is 0 Å². The average molecular weight is 491 g/mol. The summed E-state index contributed by atoms with van der Waals surface area (Å²) in [4.78, 5) is 55.8. The molecule has 0 aromatic carbocycles. The maximum atomic E-state index is 12.2. The lowest BCUT2D eigenvalue weighted by Gasteiger charge is -2.28. The number of ether oxygens (including phenoxy) is 4. The van der Waals surface area contributed by atoms with E-state index in [1.165, 1.54) is 27.7 Å². The Labute approximate surface area is 201 Å². The summed E-state index contributed by atoms with van der Waals surface area (Å²) in [5.74, 6) is -6.51. The van der Waals surface area contributed by atoms with Gasteiger partial charge in [-0.05, 0) is 24.0 Å². The first-order valence-electron chi connectivity index (χ1n) is 10.5. The van der Waals surface area contributed by atoms with Crippen molar-refractivity contribution in [3.63, 3.8) is 0 Å². The molecule has 0 fully saturated rings. The molecule has 0 unspecified atom stereocenters. The van der Waals surface area contributed by atoms with Gasteiger partial charge in [-0.25, -0.2) is 14.4 Å². The molecule has 0 amide bonds. The minimum atomic E-state index is -1.78. The van der Waals surface area contributed by atoms with E-state index in [1.807, 2.05) is 41.5 Å². The Kier molecular flexibility index (Phi) is 11.1. The topological polar surface area (TPSA) is 125 Å². The van der Waals surface area contributed by atoms with Gasteiger partial charge in [-0.3, -0.25) is 0 Å². The monoisotopic (exact) mass is 490 g/mol. The molecule has 0 spiro atoms. The van der Waals surface area contributed by atoms with Crippen LogP contribution in [-0.4, -0.2) is 42.9 Å². The zero-order valence-corrected chi connectivity index (χ0v) is 21.8. The largest absolute Gasteiger partial charge is 0.514 e. The Morgan fingerprint density at radius 1 is 0.559 bits per heavy atom. The van der Waals surface area contributed by atoms with Crippen LogP contribution in [0.15, 0.2) is 24.7 Å². The van der Waals surface area contributed by atoms with Crippen molar-refractivity contribution in [2.45, 2.75) is 80.8 Å². The molecule has 0 aliphatic heterocycles. The van der Waals surface area contributed by atoms with Gasteiger partial charge in [-0.2, -0.15) is 9.78 Å². The molecule has 0 radical (unpaired) electrons. The minimum absolute atomic E-state index is 0.194. The number of carbonyl (C=O) groups is 3. The highest BCUT2D eigenvalue weighted by Crippen LogP contribution is 2.21. The molecule has 0 aliphatic carbocycles. The maximum Gasteiger partial charge on any atom is 0.514 e. The van der Waals surface area contributed by atoms with Gasteiger partial charge in [0.05, 0.1) is 13.2 Å². The lowest BCUT2D eigenvalue weighted by Crippen LogP contribution is -2.39. The second-order valence-electron chi connectivity index (χ2n) is 10.7. The van der Waals surface area contributed by atoms with Crippen LogP contribution in [0.3, 0.4) is 0 Å². The molecule has 196 valence electrons. The average Bonchev–Trinajstić information content (AvgIpc) is 2.56. The molecule has 0 saturated carbocycles. The van der Waals surface area contributed by atoms with E-state index in [0.29, 0.717) is 0 Å². The van der Waals surface area contributed by atoms with Gasteiger partial charge in [0.25, 0.3) is 11.6 Å². The Bertz CT molecular complexity index is 690. The van der Waals surface area contributed by atoms with Crippen LogP contribution in [0.25, 0.3) is 0 Å². The molecular weight excluding hydrogens is 452 g/mol. The van der Waals surface area contributed by atoms with E-state index in [0.717, 1.165) is 0 Å². The van der Waals surface area contributed by atoms with Crippen LogP contribution < -0.4 is 0 Å². The van der Waals surface area contributed by atoms with E-state index < -0.39 is 41.2 Å². The van der Waals surface area contributed by atoms with Gasteiger partial charge in [0.2, 0.25) is 11.5 Å². The second kappa shape index (κ2) is 12.1. The van der Waals surface area contributed by atoms with Crippen molar-refractivity contribution in [1.82, 2.24) is 0 Å². The fourth-order valence-electron chi connectivity index (χ4n) is 1.65. The first-order chi connectivity index (χ1) is 15.1. The molecular formula is C23H38O11. The van der Waals surface area contributed by atoms with Crippen LogP contribution in [0.2, 0.25) is 0 Å². The van der Waals surface area contributed by atoms with Crippen molar-refractivity contribution in [3.05, 3.63) is 24.7 Å². The van der Waals surface area contributed by atoms with Crippen molar-refractivity contribution in [2.75, 3.05) is 13.2 Å². The predicted molar refractivity (Wildman–Crippen MR) is 119 cm³/mol. The Morgan fingerprint density at radius 3 is 1.12 bits per heavy atom. The fraction of sp³-hybridized carbons (Fsp3) is 0.696. The van der Waals surface area contributed by atoms with E-state index in [9.17, 15) is 14.4 Å². The maximum absolute atomic E-state index is 12.2. The van der Waals surface area contributed by atoms with Crippen LogP contribution in [-0.2, 0) is 48.1 Å². The lowest BCUT2D eigenvalue weighted by molar-refractivity contribution is -0.283. The smallest absolute Gasteiger partial charge is 0.417 e. The third-order valence-corrected chi connectivity index (χ3v) is 3.09. The predicted octanol–water partition coefficient (Wildman–Crippen LogP) is 4.71. The van der Waals surface area contributed by atoms with Crippen molar-refractivity contribution >= 4 is 18.1 Å². The molecule has 0 N–H and O–H groups in total. The standard InChI is InChI=1S/C23H38O11/c1-15(33-27-13-20(3,4)5)17(24)29-22(9,10)31-19(26)32-23(11,12)30-18(25)16(2)34-28-14-21(6,7)8/h1-2,13-14H2,3-12H3. The Morgan fingerprint density at radius 2 is 0.853 bits per heavy atom. The third-order valence-electron chi connectivity index (χ3n) is 3.09. The summed E-state index contributed by atoms with van der Waals surface area (Å²) in [6.07, 6.45) is -1.29. The third kappa shape index (κ3) is 15.1. The number of rotatable bonds is 12. The fourth-order valence-corrected chi connectivity index (χ4v) is 1.65. The molecule has 11 heteroatoms. The van der Waals surface area contributed by atoms with Gasteiger partial charge in [0.15, 0.2) is 0 Å². The van der Waals surface area contributed by atoms with E-state index in [4.69, 9.17) is 38.5 Å². The molecule has 0 heterocycles. The quantitative estimate of drug-likeness (QED) is 0.0942. The summed E-state index contributed by atoms with van der Waals surface area (Å²) in [7, 11) is 0. The normalized spacial score (nSPS) is 12.3. The highest BCUT2D eigenvalue weighted by atomic mass is 17.2. The molecule has 0 atom stereocenters. The van der Waals surface area contributed by atoms with Gasteiger partial charge in [0.1, 0.15) is 0 Å². The Balaban J connectivity index is 4.66. The van der Waals surface area contributed by atoms with Crippen LogP contribution >= 0.6 is 0 Å². The molecule has 11 nitrogen and oxygen atoms in total. The van der Waals surface area contributed by atoms with E-state index in [-0.39, 0.29) is 24.0 Å². The number of hydrogen-bond donors (Lipinski definition) is 0. The van der Waals surface area contributed by atoms with Gasteiger partial charge in [0, 0.05) is 27.7 Å². The summed E-state index contributed by atoms with van der Waals surface area (Å²) in [5.41, 5.74) is -0.408. The van der Waals surface area contributed by atoms with E-state index in [2.05, 4.69) is 13.2 Å². The SMILES string of the molecule is C=C(OOCC(C)(C)C)C(=O)OC(C)(C)OC(=O)OC(C)(C)OC(=O)C(=C)OOCC(C)(C)C. The van der Waals surface area contributed by atoms with Crippen LogP contribution in [0, 0.1) is 10.8 Å². The van der Waals surface area contributed by atoms with Crippen molar-refractivity contribution in [2.24, 2.45) is 10.8 Å². The zero-order chi connectivity index (χ0) is 27.0. The van der Waals surface area contributed by atoms with E-state index in [1.54, 1.807) is 0 Å². The second-order valence-corrected chi connectivity index (χ2v) is 10.7.